The van der Waals surface area contributed by atoms with Crippen molar-refractivity contribution in [1.82, 2.24) is 0 Å². The summed E-state index contributed by atoms with van der Waals surface area (Å²) in [6.45, 7) is 0. The predicted molar refractivity (Wildman–Crippen MR) is 76.0 cm³/mol. The number of carbonyl (C=O) groups excluding carboxylic acids is 1. The first-order valence-electron chi connectivity index (χ1n) is 6.20. The molecule has 2 aromatic carbocycles. The molecule has 4 heteroatoms. The van der Waals surface area contributed by atoms with E-state index in [1.165, 1.54) is 0 Å². The van der Waals surface area contributed by atoms with Crippen LogP contribution in [0.2, 0.25) is 5.02 Å². The quantitative estimate of drug-likeness (QED) is 0.770. The predicted octanol–water partition coefficient (Wildman–Crippen LogP) is 3.48. The number of anilines is 2. The molecule has 0 saturated heterocycles. The zero-order chi connectivity index (χ0) is 13.0. The van der Waals surface area contributed by atoms with Crippen molar-refractivity contribution in [3.05, 3.63) is 58.6 Å². The van der Waals surface area contributed by atoms with Crippen molar-refractivity contribution < 1.29 is 4.79 Å². The van der Waals surface area contributed by atoms with Crippen molar-refractivity contribution >= 4 is 28.8 Å². The molecular weight excluding hydrogens is 260 g/mol. The number of nitrogens with one attached hydrogen (secondary N) is 2. The fourth-order valence-corrected chi connectivity index (χ4v) is 3.06. The molecule has 2 heterocycles. The second-order valence-corrected chi connectivity index (χ2v) is 5.32. The Labute approximate surface area is 115 Å². The molecule has 0 radical (unpaired) electrons. The molecule has 0 saturated carbocycles. The van der Waals surface area contributed by atoms with E-state index in [1.807, 2.05) is 42.5 Å². The van der Waals surface area contributed by atoms with Crippen LogP contribution < -0.4 is 10.6 Å². The van der Waals surface area contributed by atoms with Crippen molar-refractivity contribution in [3.63, 3.8) is 0 Å². The first-order chi connectivity index (χ1) is 9.24. The third-order valence-electron chi connectivity index (χ3n) is 3.78. The third kappa shape index (κ3) is 1.48. The molecular formula is C15H11ClN2O. The van der Waals surface area contributed by atoms with Gasteiger partial charge in [-0.25, -0.2) is 0 Å². The van der Waals surface area contributed by atoms with E-state index >= 15 is 0 Å². The van der Waals surface area contributed by atoms with Crippen molar-refractivity contribution in [2.75, 3.05) is 10.6 Å². The van der Waals surface area contributed by atoms with E-state index in [4.69, 9.17) is 11.6 Å². The topological polar surface area (TPSA) is 41.1 Å². The Kier molecular flexibility index (Phi) is 2.15. The van der Waals surface area contributed by atoms with Gasteiger partial charge in [0.15, 0.2) is 5.78 Å². The molecule has 2 aromatic rings. The normalized spacial score (nSPS) is 22.9. The van der Waals surface area contributed by atoms with Crippen LogP contribution in [0, 0.1) is 0 Å². The summed E-state index contributed by atoms with van der Waals surface area (Å²) in [6.07, 6.45) is 0. The molecule has 2 N–H and O–H groups in total. The molecule has 0 bridgehead atoms. The van der Waals surface area contributed by atoms with Crippen molar-refractivity contribution in [1.29, 1.82) is 0 Å². The van der Waals surface area contributed by atoms with Gasteiger partial charge in [-0.15, -0.1) is 0 Å². The summed E-state index contributed by atoms with van der Waals surface area (Å²) >= 11 is 6.00. The van der Waals surface area contributed by atoms with Gasteiger partial charge in [-0.05, 0) is 24.3 Å². The Bertz CT molecular complexity index is 698. The van der Waals surface area contributed by atoms with Crippen molar-refractivity contribution in [2.24, 2.45) is 0 Å². The highest BCUT2D eigenvalue weighted by Gasteiger charge is 2.41. The van der Waals surface area contributed by atoms with Gasteiger partial charge in [-0.1, -0.05) is 29.8 Å². The van der Waals surface area contributed by atoms with Crippen LogP contribution >= 0.6 is 11.6 Å². The first kappa shape index (κ1) is 10.9. The van der Waals surface area contributed by atoms with Crippen LogP contribution in [-0.4, -0.2) is 11.8 Å². The second-order valence-electron chi connectivity index (χ2n) is 4.89. The summed E-state index contributed by atoms with van der Waals surface area (Å²) in [5.41, 5.74) is 3.68. The molecule has 2 aliphatic heterocycles. The van der Waals surface area contributed by atoms with E-state index < -0.39 is 0 Å². The number of hydrogen-bond acceptors (Lipinski definition) is 3. The average molecular weight is 271 g/mol. The van der Waals surface area contributed by atoms with Gasteiger partial charge >= 0.3 is 0 Å². The molecule has 0 amide bonds. The minimum Gasteiger partial charge on any atom is -0.375 e. The summed E-state index contributed by atoms with van der Waals surface area (Å²) in [5, 5.41) is 7.39. The second kappa shape index (κ2) is 3.75. The van der Waals surface area contributed by atoms with Gasteiger partial charge in [0.05, 0.1) is 6.04 Å². The van der Waals surface area contributed by atoms with Gasteiger partial charge < -0.3 is 10.6 Å². The van der Waals surface area contributed by atoms with Crippen LogP contribution in [0.15, 0.2) is 42.5 Å². The van der Waals surface area contributed by atoms with Gasteiger partial charge in [0.25, 0.3) is 0 Å². The number of hydrogen-bond donors (Lipinski definition) is 2. The lowest BCUT2D eigenvalue weighted by atomic mass is 9.91. The first-order valence-corrected chi connectivity index (χ1v) is 6.57. The van der Waals surface area contributed by atoms with Gasteiger partial charge in [-0.2, -0.15) is 0 Å². The zero-order valence-electron chi connectivity index (χ0n) is 9.98. The third-order valence-corrected chi connectivity index (χ3v) is 4.02. The number of ketones is 1. The number of fused-ring (bicyclic) bond motifs is 4. The molecule has 0 spiro atoms. The number of rotatable bonds is 0. The average Bonchev–Trinajstić information content (AvgIpc) is 2.77. The van der Waals surface area contributed by atoms with E-state index in [1.54, 1.807) is 0 Å². The van der Waals surface area contributed by atoms with E-state index in [0.29, 0.717) is 5.02 Å². The maximum Gasteiger partial charge on any atom is 0.189 e. The van der Waals surface area contributed by atoms with Crippen LogP contribution in [0.3, 0.4) is 0 Å². The molecule has 4 rings (SSSR count). The molecule has 19 heavy (non-hydrogen) atoms. The number of halogens is 1. The van der Waals surface area contributed by atoms with E-state index in [9.17, 15) is 4.79 Å². The maximum atomic E-state index is 12.5. The number of carbonyl (C=O) groups is 1. The van der Waals surface area contributed by atoms with Crippen molar-refractivity contribution in [3.8, 4) is 0 Å². The lowest BCUT2D eigenvalue weighted by Crippen LogP contribution is -2.38. The minimum atomic E-state index is -0.247. The summed E-state index contributed by atoms with van der Waals surface area (Å²) in [7, 11) is 0. The zero-order valence-corrected chi connectivity index (χ0v) is 10.7. The Morgan fingerprint density at radius 1 is 0.947 bits per heavy atom. The molecule has 0 aromatic heterocycles. The molecule has 2 unspecified atom stereocenters. The van der Waals surface area contributed by atoms with Gasteiger partial charge in [0.2, 0.25) is 0 Å². The summed E-state index contributed by atoms with van der Waals surface area (Å²) in [5.74, 6) is 0.131. The fourth-order valence-electron chi connectivity index (χ4n) is 2.89. The number of Topliss-reactive ketones (excluding diaryl/α,β-unsaturated/α-hetero) is 1. The highest BCUT2D eigenvalue weighted by molar-refractivity contribution is 6.31. The number of para-hydroxylation sites is 1. The summed E-state index contributed by atoms with van der Waals surface area (Å²) in [6, 6.07) is 13.1. The van der Waals surface area contributed by atoms with Gasteiger partial charge in [0.1, 0.15) is 6.04 Å². The standard InChI is InChI=1S/C15H11ClN2O/c16-8-5-6-9-12(7-8)18-14-13(9)17-11-4-2-1-3-10(11)15(14)19/h1-7,13-14,17-18H. The highest BCUT2D eigenvalue weighted by Crippen LogP contribution is 2.42. The van der Waals surface area contributed by atoms with Crippen LogP contribution in [0.4, 0.5) is 11.4 Å². The lowest BCUT2D eigenvalue weighted by Gasteiger charge is -2.28. The lowest BCUT2D eigenvalue weighted by molar-refractivity contribution is 0.0960. The Morgan fingerprint density at radius 2 is 1.74 bits per heavy atom. The van der Waals surface area contributed by atoms with Gasteiger partial charge in [-0.3, -0.25) is 4.79 Å². The molecule has 0 fully saturated rings. The highest BCUT2D eigenvalue weighted by atomic mass is 35.5. The minimum absolute atomic E-state index is 0.0188. The summed E-state index contributed by atoms with van der Waals surface area (Å²) < 4.78 is 0. The Balaban J connectivity index is 1.84. The van der Waals surface area contributed by atoms with Crippen LogP contribution in [-0.2, 0) is 0 Å². The largest absolute Gasteiger partial charge is 0.375 e. The molecule has 0 aliphatic carbocycles. The van der Waals surface area contributed by atoms with E-state index in [0.717, 1.165) is 22.5 Å². The summed E-state index contributed by atoms with van der Waals surface area (Å²) in [4.78, 5) is 12.5. The fraction of sp³-hybridized carbons (Fsp3) is 0.133. The SMILES string of the molecule is O=C1c2ccccc2NC2c3ccc(Cl)cc3NC12. The maximum absolute atomic E-state index is 12.5. The molecule has 2 aliphatic rings. The monoisotopic (exact) mass is 270 g/mol. The molecule has 2 atom stereocenters. The Hall–Kier alpha value is -2.00. The van der Waals surface area contributed by atoms with Crippen molar-refractivity contribution in [2.45, 2.75) is 12.1 Å². The van der Waals surface area contributed by atoms with Gasteiger partial charge in [0, 0.05) is 27.5 Å². The van der Waals surface area contributed by atoms with Crippen LogP contribution in [0.25, 0.3) is 0 Å². The molecule has 94 valence electrons. The Morgan fingerprint density at radius 3 is 2.63 bits per heavy atom. The molecule has 3 nitrogen and oxygen atoms in total. The van der Waals surface area contributed by atoms with Crippen LogP contribution in [0.1, 0.15) is 22.0 Å². The van der Waals surface area contributed by atoms with E-state index in [2.05, 4.69) is 10.6 Å². The van der Waals surface area contributed by atoms with E-state index in [-0.39, 0.29) is 17.9 Å². The van der Waals surface area contributed by atoms with Crippen LogP contribution in [0.5, 0.6) is 0 Å². The number of benzene rings is 2. The smallest absolute Gasteiger partial charge is 0.189 e.